The number of rotatable bonds is 23. The first-order valence-electron chi connectivity index (χ1n) is 37.1. The lowest BCUT2D eigenvalue weighted by molar-refractivity contribution is -0.157. The van der Waals surface area contributed by atoms with Crippen molar-refractivity contribution in [2.24, 2.45) is 23.5 Å². The number of aliphatic hydroxyl groups is 2. The van der Waals surface area contributed by atoms with Gasteiger partial charge in [-0.3, -0.25) is 9.59 Å². The number of aryl methyl sites for hydroxylation is 3. The van der Waals surface area contributed by atoms with Crippen LogP contribution < -0.4 is 48.3 Å². The maximum Gasteiger partial charge on any atom is 0.225 e. The highest BCUT2D eigenvalue weighted by atomic mass is 32.1. The van der Waals surface area contributed by atoms with Gasteiger partial charge in [-0.1, -0.05) is 54.6 Å². The molecule has 32 heteroatoms. The van der Waals surface area contributed by atoms with E-state index in [1.807, 2.05) is 139 Å². The zero-order valence-corrected chi connectivity index (χ0v) is 67.7. The van der Waals surface area contributed by atoms with E-state index < -0.39 is 29.8 Å². The van der Waals surface area contributed by atoms with E-state index >= 15 is 0 Å². The summed E-state index contributed by atoms with van der Waals surface area (Å²) in [6.07, 6.45) is -0.321. The molecule has 17 rings (SSSR count). The fourth-order valence-electron chi connectivity index (χ4n) is 15.1. The van der Waals surface area contributed by atoms with Crippen molar-refractivity contribution in [1.82, 2.24) is 55.5 Å². The Morgan fingerprint density at radius 3 is 1.14 bits per heavy atom. The number of para-hydroxylation sites is 3. The molecule has 12 atom stereocenters. The average molecular weight is 1610 g/mol. The Morgan fingerprint density at radius 2 is 0.784 bits per heavy atom. The maximum atomic E-state index is 11.7. The molecule has 0 radical (unpaired) electrons. The summed E-state index contributed by atoms with van der Waals surface area (Å²) in [7, 11) is 0. The number of benzene rings is 3. The molecule has 111 heavy (non-hydrogen) atoms. The summed E-state index contributed by atoms with van der Waals surface area (Å²) in [6.45, 7) is 20.0. The Balaban J connectivity index is 0.000000132. The number of ether oxygens (including phenoxy) is 4. The molecular weight excluding hydrogens is 1520 g/mol. The number of nitrogens with zero attached hydrogens (tertiary/aromatic N) is 9. The van der Waals surface area contributed by atoms with E-state index in [0.717, 1.165) is 103 Å². The maximum absolute atomic E-state index is 11.7. The van der Waals surface area contributed by atoms with E-state index in [1.54, 1.807) is 68.0 Å². The smallest absolute Gasteiger partial charge is 0.225 e. The number of hydrogen-bond donors (Lipinski definition) is 11. The van der Waals surface area contributed by atoms with Crippen LogP contribution in [0.5, 0.6) is 0 Å². The number of aliphatic hydroxyl groups excluding tert-OH is 2. The second kappa shape index (κ2) is 33.4. The Bertz CT molecular complexity index is 5140. The van der Waals surface area contributed by atoms with Crippen LogP contribution in [0, 0.1) is 38.5 Å². The Morgan fingerprint density at radius 1 is 0.441 bits per heavy atom. The van der Waals surface area contributed by atoms with Crippen LogP contribution in [0.1, 0.15) is 92.5 Å². The first-order chi connectivity index (χ1) is 53.5. The van der Waals surface area contributed by atoms with Crippen molar-refractivity contribution in [2.45, 2.75) is 168 Å². The van der Waals surface area contributed by atoms with Crippen molar-refractivity contribution in [3.63, 3.8) is 0 Å². The Labute approximate surface area is 666 Å². The summed E-state index contributed by atoms with van der Waals surface area (Å²) >= 11 is 9.90. The minimum atomic E-state index is -1.01. The second-order valence-corrected chi connectivity index (χ2v) is 35.5. The molecule has 26 nitrogen and oxygen atoms in total. The van der Waals surface area contributed by atoms with Crippen LogP contribution in [-0.2, 0) is 48.2 Å². The predicted molar refractivity (Wildman–Crippen MR) is 444 cm³/mol. The topological polar surface area (TPSA) is 350 Å². The van der Waals surface area contributed by atoms with Gasteiger partial charge in [-0.05, 0) is 145 Å². The number of carbonyl (C=O) groups is 2. The molecule has 5 fully saturated rings. The molecule has 5 aliphatic rings. The third kappa shape index (κ3) is 17.8. The van der Waals surface area contributed by atoms with Gasteiger partial charge in [0, 0.05) is 59.3 Å². The molecule has 9 aromatic heterocycles. The minimum absolute atomic E-state index is 0.0119. The molecule has 2 saturated heterocycles. The fraction of sp³-hybridized carbons (Fsp3) is 0.405. The first kappa shape index (κ1) is 77.5. The summed E-state index contributed by atoms with van der Waals surface area (Å²) in [4.78, 5) is 70.3. The fourth-order valence-corrected chi connectivity index (χ4v) is 20.3. The molecule has 0 spiro atoms. The van der Waals surface area contributed by atoms with Crippen LogP contribution in [-0.4, -0.2) is 153 Å². The van der Waals surface area contributed by atoms with Gasteiger partial charge in [-0.15, -0.1) is 68.0 Å². The highest BCUT2D eigenvalue weighted by molar-refractivity contribution is 7.22. The summed E-state index contributed by atoms with van der Waals surface area (Å²) in [5.74, 6) is 2.15. The van der Waals surface area contributed by atoms with Crippen LogP contribution in [0.4, 0.5) is 35.3 Å². The lowest BCUT2D eigenvalue weighted by Gasteiger charge is -2.25. The predicted octanol–water partition coefficient (Wildman–Crippen LogP) is 13.6. The van der Waals surface area contributed by atoms with Crippen LogP contribution >= 0.6 is 68.0 Å². The van der Waals surface area contributed by atoms with Gasteiger partial charge >= 0.3 is 0 Å². The number of nitrogens with two attached hydrogens (primary N) is 1. The molecular formula is C79H90N18O8S6. The van der Waals surface area contributed by atoms with E-state index in [-0.39, 0.29) is 66.1 Å². The molecule has 12 aromatic rings. The van der Waals surface area contributed by atoms with Crippen molar-refractivity contribution < 1.29 is 38.7 Å². The lowest BCUT2D eigenvalue weighted by Crippen LogP contribution is -2.37. The second-order valence-electron chi connectivity index (χ2n) is 29.3. The van der Waals surface area contributed by atoms with Gasteiger partial charge in [0.2, 0.25) is 29.7 Å². The third-order valence-corrected chi connectivity index (χ3v) is 26.0. The number of anilines is 6. The van der Waals surface area contributed by atoms with Crippen molar-refractivity contribution in [3.8, 4) is 31.7 Å². The summed E-state index contributed by atoms with van der Waals surface area (Å²) < 4.78 is 28.5. The quantitative estimate of drug-likeness (QED) is 0.0283. The minimum Gasteiger partial charge on any atom is -0.390 e. The Hall–Kier alpha value is -8.87. The van der Waals surface area contributed by atoms with Crippen molar-refractivity contribution >= 4 is 146 Å². The molecule has 3 aromatic carbocycles. The van der Waals surface area contributed by atoms with E-state index in [2.05, 4.69) is 77.6 Å². The summed E-state index contributed by atoms with van der Waals surface area (Å²) in [6, 6.07) is 36.1. The third-order valence-electron chi connectivity index (χ3n) is 20.3. The molecule has 12 N–H and O–H groups in total. The van der Waals surface area contributed by atoms with E-state index in [1.165, 1.54) is 23.6 Å². The Kier molecular flexibility index (Phi) is 23.3. The summed E-state index contributed by atoms with van der Waals surface area (Å²) in [5, 5.41) is 56.7. The normalized spacial score (nSPS) is 23.3. The van der Waals surface area contributed by atoms with Gasteiger partial charge in [0.1, 0.15) is 50.8 Å². The number of aromatic nitrogens is 9. The zero-order valence-electron chi connectivity index (χ0n) is 62.8. The number of hydrogen-bond acceptors (Lipinski definition) is 30. The van der Waals surface area contributed by atoms with Crippen LogP contribution in [0.2, 0.25) is 0 Å². The number of nitrogens with one attached hydrogen (secondary N) is 8. The van der Waals surface area contributed by atoms with Gasteiger partial charge in [0.15, 0.2) is 11.6 Å². The SMILES string of the molecule is CC(=O)NC[C@H]1C[C@@H](Nc2nc(NCc3cccs3)nc(C)c2-c2nc3ccccc3s2)[C@@H]2OC(C)(C)O[C@H]12.CC(=O)NC[C@H]1C[C@@H](Nc2nc(NCc3cccs3)nc(C)c2-c2nc3ccccc3s2)[C@H](O)[C@@H]1O.Cc1nc(NCc2cccs2)nc(N[C@@H]2C[C@H](CN)[C@H]3OC(C)(C)O[C@H]32)c1-c1nc2ccccc2s1. The van der Waals surface area contributed by atoms with Gasteiger partial charge in [0.05, 0.1) is 120 Å². The number of thiophene rings is 3. The van der Waals surface area contributed by atoms with E-state index in [0.29, 0.717) is 75.2 Å². The molecule has 3 aliphatic carbocycles. The lowest BCUT2D eigenvalue weighted by atomic mass is 10.1. The highest BCUT2D eigenvalue weighted by Gasteiger charge is 2.55. The van der Waals surface area contributed by atoms with Gasteiger partial charge in [-0.2, -0.15) is 15.0 Å². The van der Waals surface area contributed by atoms with E-state index in [9.17, 15) is 19.8 Å². The molecule has 0 unspecified atom stereocenters. The number of fused-ring (bicyclic) bond motifs is 5. The van der Waals surface area contributed by atoms with Gasteiger partial charge < -0.3 is 77.4 Å². The molecule has 3 saturated carbocycles. The number of amides is 2. The summed E-state index contributed by atoms with van der Waals surface area (Å²) in [5.41, 5.74) is 14.0. The highest BCUT2D eigenvalue weighted by Crippen LogP contribution is 2.47. The van der Waals surface area contributed by atoms with Crippen LogP contribution in [0.15, 0.2) is 125 Å². The van der Waals surface area contributed by atoms with Crippen LogP contribution in [0.25, 0.3) is 62.4 Å². The number of carbonyl (C=O) groups excluding carboxylic acids is 2. The van der Waals surface area contributed by atoms with Crippen molar-refractivity contribution in [2.75, 3.05) is 51.5 Å². The molecule has 11 heterocycles. The van der Waals surface area contributed by atoms with Crippen LogP contribution in [0.3, 0.4) is 0 Å². The monoisotopic (exact) mass is 1610 g/mol. The van der Waals surface area contributed by atoms with E-state index in [4.69, 9.17) is 69.5 Å². The number of thiazole rings is 3. The van der Waals surface area contributed by atoms with Gasteiger partial charge in [0.25, 0.3) is 0 Å². The molecule has 2 amide bonds. The molecule has 580 valence electrons. The van der Waals surface area contributed by atoms with Gasteiger partial charge in [-0.25, -0.2) is 29.9 Å². The van der Waals surface area contributed by atoms with Crippen molar-refractivity contribution in [1.29, 1.82) is 0 Å². The molecule has 2 aliphatic heterocycles. The van der Waals surface area contributed by atoms with Crippen molar-refractivity contribution in [3.05, 3.63) is 157 Å². The first-order valence-corrected chi connectivity index (χ1v) is 42.2. The largest absolute Gasteiger partial charge is 0.390 e. The average Bonchev–Trinajstić information content (AvgIpc) is 1.62. The standard InChI is InChI=1S/C28H32N6O3S2.C26H30N6O2S2.C25H28N6O3S2/c1-15-22(26-33-19-9-5-6-10-21(19)39-26)25(34-27(31-15)30-14-18-8-7-11-38-18)32-20-12-17(13-29-16(2)35)23-24(20)37-28(3,4)36-23;1-14-20(24-31-17-8-4-5-9-19(17)36-24)23(32-25(29-14)28-13-16-7-6-10-35-16)30-18-11-15(12-27)21-22(18)34-26(2,3)33-21;1-13-20(24-30-17-7-3-4-8-19(17)36-24)23(31-25(28-13)27-12-16-6-5-9-35-16)29-18-10-15(11-26-14(2)32)21(33)22(18)34/h5-11,17,20,23-24H,12-14H2,1-4H3,(H,29,35)(H2,30,31,32,34);4-10,15,18,21-22H,11-13,27H2,1-3H3,(H2,28,29,30,32);3-9,15,18,21-22,33-34H,10-12H2,1-2H3,(H,26,32)(H2,27,28,29,31)/t17-,20-,23-,24+;2*15-,18-,21-,22+/m111/s1. The molecule has 0 bridgehead atoms. The zero-order chi connectivity index (χ0) is 77.2.